The minimum Gasteiger partial charge on any atom is -0.310 e. The van der Waals surface area contributed by atoms with Gasteiger partial charge in [0.2, 0.25) is 0 Å². The molecule has 10 aromatic carbocycles. The number of rotatable bonds is 5. The van der Waals surface area contributed by atoms with Crippen molar-refractivity contribution >= 4 is 91.7 Å². The lowest BCUT2D eigenvalue weighted by atomic mass is 9.90. The molecule has 0 aliphatic carbocycles. The van der Waals surface area contributed by atoms with Crippen LogP contribution in [-0.2, 0) is 0 Å². The van der Waals surface area contributed by atoms with Gasteiger partial charge in [0.15, 0.2) is 0 Å². The maximum atomic E-state index is 2.43. The van der Waals surface area contributed by atoms with Gasteiger partial charge in [-0.15, -0.1) is 11.3 Å². The van der Waals surface area contributed by atoms with Crippen molar-refractivity contribution in [1.82, 2.24) is 0 Å². The van der Waals surface area contributed by atoms with Crippen LogP contribution in [0.5, 0.6) is 0 Å². The maximum Gasteiger partial charge on any atom is 0.0540 e. The second-order valence-corrected chi connectivity index (χ2v) is 15.1. The highest BCUT2D eigenvalue weighted by atomic mass is 32.1. The molecule has 11 rings (SSSR count). The molecule has 0 saturated heterocycles. The van der Waals surface area contributed by atoms with Gasteiger partial charge in [0.25, 0.3) is 0 Å². The number of thiophene rings is 1. The van der Waals surface area contributed by atoms with Gasteiger partial charge in [0.1, 0.15) is 0 Å². The Morgan fingerprint density at radius 3 is 1.78 bits per heavy atom. The summed E-state index contributed by atoms with van der Waals surface area (Å²) >= 11 is 1.89. The largest absolute Gasteiger partial charge is 0.310 e. The second kappa shape index (κ2) is 12.4. The van der Waals surface area contributed by atoms with Crippen molar-refractivity contribution in [3.8, 4) is 22.3 Å². The summed E-state index contributed by atoms with van der Waals surface area (Å²) in [4.78, 5) is 2.43. The monoisotopic (exact) mass is 703 g/mol. The molecular weight excluding hydrogens is 671 g/mol. The van der Waals surface area contributed by atoms with Crippen molar-refractivity contribution in [1.29, 1.82) is 0 Å². The van der Waals surface area contributed by atoms with E-state index in [-0.39, 0.29) is 0 Å². The third kappa shape index (κ3) is 4.92. The Bertz CT molecular complexity index is 3210. The van der Waals surface area contributed by atoms with Crippen LogP contribution in [0.25, 0.3) is 85.5 Å². The number of hydrogen-bond acceptors (Lipinski definition) is 2. The number of para-hydroxylation sites is 1. The van der Waals surface area contributed by atoms with Crippen molar-refractivity contribution in [2.75, 3.05) is 4.90 Å². The second-order valence-electron chi connectivity index (χ2n) is 14.1. The zero-order valence-corrected chi connectivity index (χ0v) is 30.2. The summed E-state index contributed by atoms with van der Waals surface area (Å²) < 4.78 is 2.64. The van der Waals surface area contributed by atoms with Crippen molar-refractivity contribution < 1.29 is 0 Å². The lowest BCUT2D eigenvalue weighted by Gasteiger charge is -2.28. The first-order chi connectivity index (χ1) is 26.8. The quantitative estimate of drug-likeness (QED) is 0.161. The smallest absolute Gasteiger partial charge is 0.0540 e. The molecule has 252 valence electrons. The number of anilines is 3. The highest BCUT2D eigenvalue weighted by Crippen LogP contribution is 2.46. The lowest BCUT2D eigenvalue weighted by molar-refractivity contribution is 1.29. The van der Waals surface area contributed by atoms with E-state index in [1.807, 2.05) is 11.3 Å². The molecule has 0 unspecified atom stereocenters. The van der Waals surface area contributed by atoms with Gasteiger partial charge in [-0.1, -0.05) is 158 Å². The molecule has 1 aromatic heterocycles. The van der Waals surface area contributed by atoms with E-state index in [1.165, 1.54) is 85.5 Å². The zero-order valence-electron chi connectivity index (χ0n) is 29.4. The molecule has 1 heterocycles. The standard InChI is InChI=1S/C52H33NS/c1-2-12-34(13-3-1)41-16-10-11-21-49(41)53(40-29-31-50-48(33-40)46-30-26-36-15-5-7-18-43(36)52(46)54-50)39-27-24-37(25-28-39)47-32-38-23-22-35-14-4-6-17-42(35)51(38)45-20-9-8-19-44(45)47/h1-33H. The van der Waals surface area contributed by atoms with Crippen molar-refractivity contribution in [3.63, 3.8) is 0 Å². The molecule has 0 amide bonds. The summed E-state index contributed by atoms with van der Waals surface area (Å²) in [6.45, 7) is 0. The van der Waals surface area contributed by atoms with Gasteiger partial charge in [-0.05, 0) is 102 Å². The van der Waals surface area contributed by atoms with Crippen LogP contribution in [0.1, 0.15) is 0 Å². The summed E-state index contributed by atoms with van der Waals surface area (Å²) in [5.41, 5.74) is 8.22. The van der Waals surface area contributed by atoms with Gasteiger partial charge in [0.05, 0.1) is 5.69 Å². The molecule has 0 fully saturated rings. The highest BCUT2D eigenvalue weighted by molar-refractivity contribution is 7.26. The Labute approximate surface area is 317 Å². The molecule has 0 radical (unpaired) electrons. The fourth-order valence-electron chi connectivity index (χ4n) is 8.50. The molecule has 0 aliphatic heterocycles. The molecule has 0 N–H and O–H groups in total. The minimum atomic E-state index is 1.11. The Morgan fingerprint density at radius 2 is 0.944 bits per heavy atom. The van der Waals surface area contributed by atoms with E-state index in [9.17, 15) is 0 Å². The molecule has 0 spiro atoms. The summed E-state index contributed by atoms with van der Waals surface area (Å²) in [6.07, 6.45) is 0. The fraction of sp³-hybridized carbons (Fsp3) is 0. The van der Waals surface area contributed by atoms with E-state index in [0.29, 0.717) is 0 Å². The van der Waals surface area contributed by atoms with Crippen LogP contribution < -0.4 is 4.90 Å². The summed E-state index contributed by atoms with van der Waals surface area (Å²) in [6, 6.07) is 73.4. The highest BCUT2D eigenvalue weighted by Gasteiger charge is 2.20. The van der Waals surface area contributed by atoms with Crippen LogP contribution in [0.2, 0.25) is 0 Å². The number of nitrogens with zero attached hydrogens (tertiary/aromatic N) is 1. The van der Waals surface area contributed by atoms with E-state index in [2.05, 4.69) is 205 Å². The number of hydrogen-bond donors (Lipinski definition) is 0. The molecule has 0 atom stereocenters. The number of benzene rings is 10. The van der Waals surface area contributed by atoms with Gasteiger partial charge in [-0.25, -0.2) is 0 Å². The van der Waals surface area contributed by atoms with Crippen molar-refractivity contribution in [3.05, 3.63) is 200 Å². The normalized spacial score (nSPS) is 11.7. The lowest BCUT2D eigenvalue weighted by Crippen LogP contribution is -2.11. The maximum absolute atomic E-state index is 2.43. The summed E-state index contributed by atoms with van der Waals surface area (Å²) in [5.74, 6) is 0. The average Bonchev–Trinajstić information content (AvgIpc) is 3.63. The molecular formula is C52H33NS. The molecule has 54 heavy (non-hydrogen) atoms. The van der Waals surface area contributed by atoms with Crippen LogP contribution in [-0.4, -0.2) is 0 Å². The predicted octanol–water partition coefficient (Wildman–Crippen LogP) is 15.5. The van der Waals surface area contributed by atoms with Crippen LogP contribution in [0.15, 0.2) is 200 Å². The van der Waals surface area contributed by atoms with E-state index >= 15 is 0 Å². The molecule has 0 bridgehead atoms. The van der Waals surface area contributed by atoms with Gasteiger partial charge in [0, 0.05) is 37.1 Å². The molecule has 2 heteroatoms. The molecule has 1 nitrogen and oxygen atoms in total. The Morgan fingerprint density at radius 1 is 0.333 bits per heavy atom. The Balaban J connectivity index is 1.10. The first-order valence-electron chi connectivity index (χ1n) is 18.5. The van der Waals surface area contributed by atoms with Gasteiger partial charge < -0.3 is 4.90 Å². The topological polar surface area (TPSA) is 3.24 Å². The molecule has 0 aliphatic rings. The Kier molecular flexibility index (Phi) is 7.11. The predicted molar refractivity (Wildman–Crippen MR) is 235 cm³/mol. The van der Waals surface area contributed by atoms with Crippen LogP contribution >= 0.6 is 11.3 Å². The SMILES string of the molecule is c1ccc(-c2ccccc2N(c2ccc(-c3cc4ccc5ccccc5c4c4ccccc34)cc2)c2ccc3sc4c5ccccc5ccc4c3c2)cc1. The first-order valence-corrected chi connectivity index (χ1v) is 19.3. The third-order valence-corrected chi connectivity index (χ3v) is 12.2. The Hall–Kier alpha value is -6.74. The van der Waals surface area contributed by atoms with Crippen LogP contribution in [0.4, 0.5) is 17.1 Å². The summed E-state index contributed by atoms with van der Waals surface area (Å²) in [5, 5.41) is 12.9. The minimum absolute atomic E-state index is 1.11. The third-order valence-electron chi connectivity index (χ3n) is 11.0. The molecule has 0 saturated carbocycles. The van der Waals surface area contributed by atoms with Gasteiger partial charge >= 0.3 is 0 Å². The van der Waals surface area contributed by atoms with E-state index < -0.39 is 0 Å². The molecule has 11 aromatic rings. The van der Waals surface area contributed by atoms with E-state index in [1.54, 1.807) is 0 Å². The van der Waals surface area contributed by atoms with Gasteiger partial charge in [-0.3, -0.25) is 0 Å². The number of fused-ring (bicyclic) bond motifs is 10. The van der Waals surface area contributed by atoms with E-state index in [0.717, 1.165) is 17.1 Å². The van der Waals surface area contributed by atoms with E-state index in [4.69, 9.17) is 0 Å². The average molecular weight is 704 g/mol. The zero-order chi connectivity index (χ0) is 35.6. The summed E-state index contributed by atoms with van der Waals surface area (Å²) in [7, 11) is 0. The fourth-order valence-corrected chi connectivity index (χ4v) is 9.72. The van der Waals surface area contributed by atoms with Crippen molar-refractivity contribution in [2.24, 2.45) is 0 Å². The van der Waals surface area contributed by atoms with Crippen LogP contribution in [0, 0.1) is 0 Å². The van der Waals surface area contributed by atoms with Crippen LogP contribution in [0.3, 0.4) is 0 Å². The van der Waals surface area contributed by atoms with Crippen molar-refractivity contribution in [2.45, 2.75) is 0 Å². The van der Waals surface area contributed by atoms with Gasteiger partial charge in [-0.2, -0.15) is 0 Å². The first kappa shape index (κ1) is 30.8.